The van der Waals surface area contributed by atoms with Crippen molar-refractivity contribution in [1.82, 2.24) is 9.47 Å². The van der Waals surface area contributed by atoms with Crippen LogP contribution in [0.1, 0.15) is 54.5 Å². The van der Waals surface area contributed by atoms with Gasteiger partial charge in [-0.2, -0.15) is 0 Å². The summed E-state index contributed by atoms with van der Waals surface area (Å²) in [5, 5.41) is 10.8. The maximum atomic E-state index is 10.8. The van der Waals surface area contributed by atoms with E-state index >= 15 is 0 Å². The summed E-state index contributed by atoms with van der Waals surface area (Å²) in [5.41, 5.74) is 5.13. The third-order valence-electron chi connectivity index (χ3n) is 6.85. The maximum Gasteiger partial charge on any atom is 0.0900 e. The van der Waals surface area contributed by atoms with E-state index in [1.54, 1.807) is 0 Å². The number of nitrogens with zero attached hydrogens (tertiary/aromatic N) is 2. The summed E-state index contributed by atoms with van der Waals surface area (Å²) in [7, 11) is 0. The van der Waals surface area contributed by atoms with Crippen molar-refractivity contribution >= 4 is 0 Å². The standard InChI is InChI=1S/C29H38N2O2/c1-24-11-8-9-14-26(24)19-30-18-10-17-28(30)20-31(27-15-6-3-7-16-27)21-29(32)23-33-22-25-12-4-2-5-13-25/h2,4-5,8-14,17-18,27,29,32H,3,6-7,15-16,19-23H2,1H3/t29-/m1/s1. The zero-order valence-corrected chi connectivity index (χ0v) is 19.9. The van der Waals surface area contributed by atoms with Gasteiger partial charge in [-0.25, -0.2) is 0 Å². The number of ether oxygens (including phenoxy) is 1. The molecule has 0 radical (unpaired) electrons. The summed E-state index contributed by atoms with van der Waals surface area (Å²) >= 11 is 0. The Morgan fingerprint density at radius 1 is 0.970 bits per heavy atom. The second kappa shape index (κ2) is 12.2. The Morgan fingerprint density at radius 3 is 2.52 bits per heavy atom. The number of rotatable bonds is 11. The smallest absolute Gasteiger partial charge is 0.0900 e. The summed E-state index contributed by atoms with van der Waals surface area (Å²) in [5.74, 6) is 0. The van der Waals surface area contributed by atoms with Gasteiger partial charge < -0.3 is 14.4 Å². The molecule has 176 valence electrons. The van der Waals surface area contributed by atoms with Crippen molar-refractivity contribution < 1.29 is 9.84 Å². The molecule has 3 aromatic rings. The first kappa shape index (κ1) is 23.7. The van der Waals surface area contributed by atoms with Crippen LogP contribution >= 0.6 is 0 Å². The number of aryl methyl sites for hydroxylation is 1. The minimum Gasteiger partial charge on any atom is -0.389 e. The molecule has 1 atom stereocenters. The molecule has 0 aliphatic heterocycles. The van der Waals surface area contributed by atoms with Crippen LogP contribution in [0, 0.1) is 6.92 Å². The van der Waals surface area contributed by atoms with Crippen molar-refractivity contribution in [3.8, 4) is 0 Å². The minimum atomic E-state index is -0.490. The molecule has 0 saturated heterocycles. The van der Waals surface area contributed by atoms with Crippen LogP contribution in [0.15, 0.2) is 72.9 Å². The maximum absolute atomic E-state index is 10.8. The molecule has 1 heterocycles. The molecule has 0 spiro atoms. The Kier molecular flexibility index (Phi) is 8.76. The van der Waals surface area contributed by atoms with Crippen molar-refractivity contribution in [2.75, 3.05) is 13.2 Å². The lowest BCUT2D eigenvalue weighted by Gasteiger charge is -2.35. The van der Waals surface area contributed by atoms with E-state index in [1.807, 2.05) is 18.2 Å². The zero-order valence-electron chi connectivity index (χ0n) is 19.9. The van der Waals surface area contributed by atoms with Gasteiger partial charge in [0, 0.05) is 37.6 Å². The van der Waals surface area contributed by atoms with Crippen molar-refractivity contribution in [3.63, 3.8) is 0 Å². The SMILES string of the molecule is Cc1ccccc1Cn1cccc1CN(C[C@@H](O)COCc1ccccc1)C1CCCCC1. The largest absolute Gasteiger partial charge is 0.389 e. The Balaban J connectivity index is 1.39. The Morgan fingerprint density at radius 2 is 1.73 bits per heavy atom. The van der Waals surface area contributed by atoms with Crippen LogP contribution in [-0.2, 0) is 24.4 Å². The fourth-order valence-electron chi connectivity index (χ4n) is 4.93. The van der Waals surface area contributed by atoms with Crippen molar-refractivity contribution in [1.29, 1.82) is 0 Å². The van der Waals surface area contributed by atoms with E-state index in [2.05, 4.69) is 71.1 Å². The lowest BCUT2D eigenvalue weighted by atomic mass is 9.94. The number of aromatic nitrogens is 1. The van der Waals surface area contributed by atoms with Gasteiger partial charge in [0.15, 0.2) is 0 Å². The lowest BCUT2D eigenvalue weighted by Crippen LogP contribution is -2.42. The summed E-state index contributed by atoms with van der Waals surface area (Å²) in [6.45, 7) is 5.48. The topological polar surface area (TPSA) is 37.6 Å². The molecule has 1 fully saturated rings. The molecule has 1 N–H and O–H groups in total. The van der Waals surface area contributed by atoms with Gasteiger partial charge in [-0.3, -0.25) is 4.90 Å². The van der Waals surface area contributed by atoms with E-state index in [4.69, 9.17) is 4.74 Å². The Bertz CT molecular complexity index is 963. The molecule has 4 rings (SSSR count). The molecule has 1 aliphatic rings. The predicted molar refractivity (Wildman–Crippen MR) is 134 cm³/mol. The average molecular weight is 447 g/mol. The molecule has 2 aromatic carbocycles. The van der Waals surface area contributed by atoms with Crippen LogP contribution in [0.2, 0.25) is 0 Å². The second-order valence-corrected chi connectivity index (χ2v) is 9.43. The van der Waals surface area contributed by atoms with E-state index in [1.165, 1.54) is 48.9 Å². The average Bonchev–Trinajstić information content (AvgIpc) is 3.28. The van der Waals surface area contributed by atoms with Gasteiger partial charge in [0.2, 0.25) is 0 Å². The normalized spacial score (nSPS) is 15.7. The number of hydrogen-bond donors (Lipinski definition) is 1. The van der Waals surface area contributed by atoms with Crippen LogP contribution in [0.25, 0.3) is 0 Å². The van der Waals surface area contributed by atoms with E-state index < -0.39 is 6.10 Å². The molecule has 33 heavy (non-hydrogen) atoms. The Hall–Kier alpha value is -2.40. The molecule has 4 heteroatoms. The summed E-state index contributed by atoms with van der Waals surface area (Å²) in [6, 6.07) is 23.7. The first-order chi connectivity index (χ1) is 16.2. The van der Waals surface area contributed by atoms with Gasteiger partial charge in [0.1, 0.15) is 0 Å². The summed E-state index contributed by atoms with van der Waals surface area (Å²) < 4.78 is 8.20. The molecule has 0 amide bonds. The third kappa shape index (κ3) is 7.04. The second-order valence-electron chi connectivity index (χ2n) is 9.43. The quantitative estimate of drug-likeness (QED) is 0.419. The highest BCUT2D eigenvalue weighted by Gasteiger charge is 2.24. The van der Waals surface area contributed by atoms with Gasteiger partial charge in [-0.05, 0) is 48.6 Å². The van der Waals surface area contributed by atoms with Crippen LogP contribution < -0.4 is 0 Å². The first-order valence-electron chi connectivity index (χ1n) is 12.4. The van der Waals surface area contributed by atoms with Crippen molar-refractivity contribution in [2.45, 2.75) is 70.9 Å². The van der Waals surface area contributed by atoms with Crippen LogP contribution in [-0.4, -0.2) is 39.9 Å². The fraction of sp³-hybridized carbons (Fsp3) is 0.448. The summed E-state index contributed by atoms with van der Waals surface area (Å²) in [4.78, 5) is 2.50. The predicted octanol–water partition coefficient (Wildman–Crippen LogP) is 5.56. The van der Waals surface area contributed by atoms with Gasteiger partial charge >= 0.3 is 0 Å². The highest BCUT2D eigenvalue weighted by molar-refractivity contribution is 5.26. The number of hydrogen-bond acceptors (Lipinski definition) is 3. The van der Waals surface area contributed by atoms with Crippen LogP contribution in [0.5, 0.6) is 0 Å². The molecule has 0 bridgehead atoms. The fourth-order valence-corrected chi connectivity index (χ4v) is 4.93. The van der Waals surface area contributed by atoms with E-state index in [0.29, 0.717) is 25.8 Å². The van der Waals surface area contributed by atoms with Crippen molar-refractivity contribution in [3.05, 3.63) is 95.3 Å². The highest BCUT2D eigenvalue weighted by Crippen LogP contribution is 2.25. The first-order valence-corrected chi connectivity index (χ1v) is 12.4. The zero-order chi connectivity index (χ0) is 22.9. The van der Waals surface area contributed by atoms with E-state index in [9.17, 15) is 5.11 Å². The molecule has 1 aliphatic carbocycles. The number of aliphatic hydroxyl groups excluding tert-OH is 1. The van der Waals surface area contributed by atoms with Gasteiger partial charge in [-0.1, -0.05) is 73.9 Å². The van der Waals surface area contributed by atoms with E-state index in [-0.39, 0.29) is 0 Å². The highest BCUT2D eigenvalue weighted by atomic mass is 16.5. The molecule has 4 nitrogen and oxygen atoms in total. The molecule has 0 unspecified atom stereocenters. The van der Waals surface area contributed by atoms with Crippen LogP contribution in [0.4, 0.5) is 0 Å². The third-order valence-corrected chi connectivity index (χ3v) is 6.85. The molecular weight excluding hydrogens is 408 g/mol. The minimum absolute atomic E-state index is 0.363. The van der Waals surface area contributed by atoms with Gasteiger partial charge in [-0.15, -0.1) is 0 Å². The lowest BCUT2D eigenvalue weighted by molar-refractivity contribution is -0.00384. The molecular formula is C29H38N2O2. The van der Waals surface area contributed by atoms with Gasteiger partial charge in [0.05, 0.1) is 19.3 Å². The Labute approximate surface area is 198 Å². The van der Waals surface area contributed by atoms with Gasteiger partial charge in [0.25, 0.3) is 0 Å². The summed E-state index contributed by atoms with van der Waals surface area (Å²) in [6.07, 6.45) is 8.02. The van der Waals surface area contributed by atoms with Crippen LogP contribution in [0.3, 0.4) is 0 Å². The molecule has 1 aromatic heterocycles. The van der Waals surface area contributed by atoms with Crippen molar-refractivity contribution in [2.24, 2.45) is 0 Å². The van der Waals surface area contributed by atoms with E-state index in [0.717, 1.165) is 18.7 Å². The number of aliphatic hydroxyl groups is 1. The monoisotopic (exact) mass is 446 g/mol. The number of benzene rings is 2. The molecule has 1 saturated carbocycles.